The molecule has 0 amide bonds. The molecule has 1 aromatic carbocycles. The van der Waals surface area contributed by atoms with Gasteiger partial charge in [-0.1, -0.05) is 0 Å². The molecule has 28 heavy (non-hydrogen) atoms. The van der Waals surface area contributed by atoms with Crippen LogP contribution in [0.1, 0.15) is 48.9 Å². The van der Waals surface area contributed by atoms with Crippen molar-refractivity contribution in [2.75, 3.05) is 26.4 Å². The summed E-state index contributed by atoms with van der Waals surface area (Å²) in [6, 6.07) is 8.79. The molecule has 1 spiro atoms. The van der Waals surface area contributed by atoms with Crippen molar-refractivity contribution in [1.82, 2.24) is 14.8 Å². The van der Waals surface area contributed by atoms with Gasteiger partial charge in [-0.15, -0.1) is 0 Å². The van der Waals surface area contributed by atoms with E-state index in [2.05, 4.69) is 39.0 Å². The van der Waals surface area contributed by atoms with Gasteiger partial charge in [0.1, 0.15) is 0 Å². The monoisotopic (exact) mass is 379 g/mol. The van der Waals surface area contributed by atoms with Crippen LogP contribution in [0.4, 0.5) is 0 Å². The number of H-pyrrole nitrogens is 1. The van der Waals surface area contributed by atoms with Crippen LogP contribution in [0.25, 0.3) is 0 Å². The van der Waals surface area contributed by atoms with Crippen LogP contribution in [0.15, 0.2) is 30.5 Å². The van der Waals surface area contributed by atoms with Gasteiger partial charge in [0.2, 0.25) is 6.79 Å². The predicted octanol–water partition coefficient (Wildman–Crippen LogP) is 3.85. The van der Waals surface area contributed by atoms with E-state index in [0.29, 0.717) is 12.3 Å². The van der Waals surface area contributed by atoms with E-state index in [1.54, 1.807) is 0 Å². The lowest BCUT2D eigenvalue weighted by Crippen LogP contribution is -2.36. The highest BCUT2D eigenvalue weighted by molar-refractivity contribution is 5.54. The fourth-order valence-corrected chi connectivity index (χ4v) is 5.55. The molecule has 3 aliphatic heterocycles. The first-order valence-corrected chi connectivity index (χ1v) is 10.8. The molecule has 0 bridgehead atoms. The lowest BCUT2D eigenvalue weighted by atomic mass is 9.93. The molecule has 5 nitrogen and oxygen atoms in total. The minimum absolute atomic E-state index is 0.310. The van der Waals surface area contributed by atoms with E-state index in [1.165, 1.54) is 68.6 Å². The van der Waals surface area contributed by atoms with E-state index < -0.39 is 0 Å². The molecule has 2 fully saturated rings. The summed E-state index contributed by atoms with van der Waals surface area (Å²) < 4.78 is 11.2. The number of nitrogens with one attached hydrogen (secondary N) is 1. The molecule has 1 aromatic heterocycles. The Hall–Kier alpha value is -1.98. The normalized spacial score (nSPS) is 23.4. The van der Waals surface area contributed by atoms with Gasteiger partial charge in [-0.3, -0.25) is 9.80 Å². The number of fused-ring (bicyclic) bond motifs is 3. The van der Waals surface area contributed by atoms with E-state index >= 15 is 0 Å². The summed E-state index contributed by atoms with van der Waals surface area (Å²) in [4.78, 5) is 8.68. The Balaban J connectivity index is 1.05. The predicted molar refractivity (Wildman–Crippen MR) is 107 cm³/mol. The van der Waals surface area contributed by atoms with Crippen LogP contribution in [0.2, 0.25) is 0 Å². The largest absolute Gasteiger partial charge is 0.454 e. The Morgan fingerprint density at radius 2 is 1.93 bits per heavy atom. The zero-order chi connectivity index (χ0) is 18.6. The molecule has 2 aromatic rings. The van der Waals surface area contributed by atoms with Crippen molar-refractivity contribution in [2.24, 2.45) is 5.92 Å². The SMILES string of the molecule is c1c[nH]c(CN2CCC(CCN3Cc4cc5c(cc4C34CC4)OCO5)CC2)c1. The van der Waals surface area contributed by atoms with Crippen molar-refractivity contribution in [3.63, 3.8) is 0 Å². The Bertz CT molecular complexity index is 851. The summed E-state index contributed by atoms with van der Waals surface area (Å²) in [5.41, 5.74) is 4.62. The van der Waals surface area contributed by atoms with Crippen molar-refractivity contribution in [3.05, 3.63) is 47.3 Å². The van der Waals surface area contributed by atoms with Crippen LogP contribution in [-0.2, 0) is 18.6 Å². The van der Waals surface area contributed by atoms with Gasteiger partial charge in [0.15, 0.2) is 11.5 Å². The van der Waals surface area contributed by atoms with Gasteiger partial charge in [0.05, 0.1) is 0 Å². The first-order valence-electron chi connectivity index (χ1n) is 10.8. The van der Waals surface area contributed by atoms with E-state index in [0.717, 1.165) is 30.5 Å². The van der Waals surface area contributed by atoms with Crippen molar-refractivity contribution >= 4 is 0 Å². The number of rotatable bonds is 5. The fourth-order valence-electron chi connectivity index (χ4n) is 5.55. The number of benzene rings is 1. The number of aromatic nitrogens is 1. The number of nitrogens with zero attached hydrogens (tertiary/aromatic N) is 2. The minimum Gasteiger partial charge on any atom is -0.454 e. The molecule has 4 heterocycles. The number of piperidine rings is 1. The fraction of sp³-hybridized carbons (Fsp3) is 0.565. The van der Waals surface area contributed by atoms with Crippen LogP contribution in [0.5, 0.6) is 11.5 Å². The average molecular weight is 380 g/mol. The number of hydrogen-bond acceptors (Lipinski definition) is 4. The lowest BCUT2D eigenvalue weighted by Gasteiger charge is -2.33. The maximum atomic E-state index is 5.64. The third-order valence-corrected chi connectivity index (χ3v) is 7.36. The molecule has 6 rings (SSSR count). The first kappa shape index (κ1) is 16.9. The molecular weight excluding hydrogens is 350 g/mol. The molecule has 5 heteroatoms. The maximum Gasteiger partial charge on any atom is 0.231 e. The topological polar surface area (TPSA) is 40.7 Å². The van der Waals surface area contributed by atoms with Crippen LogP contribution < -0.4 is 9.47 Å². The Morgan fingerprint density at radius 1 is 1.11 bits per heavy atom. The standard InChI is InChI=1S/C23H29N3O2/c1-2-19(24-8-1)15-25-9-3-17(4-10-25)5-11-26-14-18-12-21-22(28-16-27-21)13-20(18)23(26)6-7-23/h1-2,8,12-13,17,24H,3-7,9-11,14-16H2. The summed E-state index contributed by atoms with van der Waals surface area (Å²) in [5, 5.41) is 0. The second kappa shape index (κ2) is 6.53. The molecule has 0 atom stereocenters. The van der Waals surface area contributed by atoms with Gasteiger partial charge in [0.25, 0.3) is 0 Å². The number of ether oxygens (including phenoxy) is 2. The zero-order valence-corrected chi connectivity index (χ0v) is 16.5. The van der Waals surface area contributed by atoms with Gasteiger partial charge in [0, 0.05) is 30.5 Å². The van der Waals surface area contributed by atoms with Gasteiger partial charge < -0.3 is 14.5 Å². The van der Waals surface area contributed by atoms with Crippen LogP contribution >= 0.6 is 0 Å². The van der Waals surface area contributed by atoms with E-state index in [1.807, 2.05) is 6.20 Å². The summed E-state index contributed by atoms with van der Waals surface area (Å²) in [5.74, 6) is 2.75. The van der Waals surface area contributed by atoms with Crippen LogP contribution in [0, 0.1) is 5.92 Å². The molecule has 4 aliphatic rings. The van der Waals surface area contributed by atoms with Gasteiger partial charge in [-0.05, 0) is 93.0 Å². The molecule has 1 N–H and O–H groups in total. The van der Waals surface area contributed by atoms with Crippen LogP contribution in [-0.4, -0.2) is 41.2 Å². The highest BCUT2D eigenvalue weighted by Crippen LogP contribution is 2.58. The first-order chi connectivity index (χ1) is 13.8. The minimum atomic E-state index is 0.310. The molecule has 1 saturated carbocycles. The Morgan fingerprint density at radius 3 is 2.68 bits per heavy atom. The van der Waals surface area contributed by atoms with Gasteiger partial charge in [-0.25, -0.2) is 0 Å². The van der Waals surface area contributed by atoms with Crippen molar-refractivity contribution in [1.29, 1.82) is 0 Å². The summed E-state index contributed by atoms with van der Waals surface area (Å²) in [6.45, 7) is 6.21. The third kappa shape index (κ3) is 2.83. The second-order valence-electron chi connectivity index (χ2n) is 9.02. The molecule has 0 unspecified atom stereocenters. The quantitative estimate of drug-likeness (QED) is 0.857. The average Bonchev–Trinajstić information content (AvgIpc) is 3.04. The zero-order valence-electron chi connectivity index (χ0n) is 16.5. The highest BCUT2D eigenvalue weighted by Gasteiger charge is 2.54. The summed E-state index contributed by atoms with van der Waals surface area (Å²) >= 11 is 0. The van der Waals surface area contributed by atoms with E-state index in [-0.39, 0.29) is 0 Å². The van der Waals surface area contributed by atoms with Crippen molar-refractivity contribution in [2.45, 2.75) is 50.7 Å². The van der Waals surface area contributed by atoms with Gasteiger partial charge >= 0.3 is 0 Å². The second-order valence-corrected chi connectivity index (χ2v) is 9.02. The maximum absolute atomic E-state index is 5.64. The molecule has 0 radical (unpaired) electrons. The Kier molecular flexibility index (Phi) is 3.95. The summed E-state index contributed by atoms with van der Waals surface area (Å²) in [6.07, 6.45) is 8.63. The van der Waals surface area contributed by atoms with E-state index in [9.17, 15) is 0 Å². The van der Waals surface area contributed by atoms with Crippen molar-refractivity contribution < 1.29 is 9.47 Å². The van der Waals surface area contributed by atoms with Crippen molar-refractivity contribution in [3.8, 4) is 11.5 Å². The third-order valence-electron chi connectivity index (χ3n) is 7.36. The number of likely N-dealkylation sites (tertiary alicyclic amines) is 1. The molecule has 1 saturated heterocycles. The number of hydrogen-bond donors (Lipinski definition) is 1. The van der Waals surface area contributed by atoms with E-state index in [4.69, 9.17) is 9.47 Å². The smallest absolute Gasteiger partial charge is 0.231 e. The Labute approximate surface area is 166 Å². The number of aromatic amines is 1. The van der Waals surface area contributed by atoms with Crippen LogP contribution in [0.3, 0.4) is 0 Å². The highest BCUT2D eigenvalue weighted by atomic mass is 16.7. The molecule has 1 aliphatic carbocycles. The van der Waals surface area contributed by atoms with Gasteiger partial charge in [-0.2, -0.15) is 0 Å². The lowest BCUT2D eigenvalue weighted by molar-refractivity contribution is 0.138. The molecule has 148 valence electrons. The summed E-state index contributed by atoms with van der Waals surface area (Å²) in [7, 11) is 0. The molecular formula is C23H29N3O2.